The molecule has 1 saturated heterocycles. The van der Waals surface area contributed by atoms with Crippen LogP contribution in [0.25, 0.3) is 0 Å². The largest absolute Gasteiger partial charge is 0.481 e. The van der Waals surface area contributed by atoms with Gasteiger partial charge < -0.3 is 14.9 Å². The maximum Gasteiger partial charge on any atom is 0.314 e. The quantitative estimate of drug-likeness (QED) is 0.895. The second-order valence-electron chi connectivity index (χ2n) is 5.73. The van der Waals surface area contributed by atoms with E-state index in [2.05, 4.69) is 29.0 Å². The average molecular weight is 260 g/mol. The van der Waals surface area contributed by atoms with E-state index in [0.29, 0.717) is 0 Å². The molecule has 0 aromatic heterocycles. The molecule has 1 N–H and O–H groups in total. The number of benzene rings is 1. The van der Waals surface area contributed by atoms with Crippen molar-refractivity contribution in [3.05, 3.63) is 29.8 Å². The molecule has 1 heterocycles. The van der Waals surface area contributed by atoms with Gasteiger partial charge in [-0.25, -0.2) is 0 Å². The highest BCUT2D eigenvalue weighted by atomic mass is 16.4. The summed E-state index contributed by atoms with van der Waals surface area (Å²) < 4.78 is 0. The van der Waals surface area contributed by atoms with Crippen molar-refractivity contribution in [3.63, 3.8) is 0 Å². The first-order valence-corrected chi connectivity index (χ1v) is 6.89. The van der Waals surface area contributed by atoms with Crippen molar-refractivity contribution in [2.75, 3.05) is 38.1 Å². The van der Waals surface area contributed by atoms with Crippen LogP contribution in [0.1, 0.15) is 18.4 Å². The van der Waals surface area contributed by atoms with E-state index in [1.807, 2.05) is 12.1 Å². The molecule has 1 aromatic rings. The van der Waals surface area contributed by atoms with E-state index in [4.69, 9.17) is 0 Å². The van der Waals surface area contributed by atoms with Gasteiger partial charge in [0, 0.05) is 31.9 Å². The molecule has 0 atom stereocenters. The smallest absolute Gasteiger partial charge is 0.314 e. The maximum atomic E-state index is 11.4. The lowest BCUT2D eigenvalue weighted by Crippen LogP contribution is -2.44. The lowest BCUT2D eigenvalue weighted by atomic mass is 9.95. The number of hydrogen-bond acceptors (Lipinski definition) is 3. The van der Waals surface area contributed by atoms with Crippen molar-refractivity contribution in [2.24, 2.45) is 0 Å². The number of carboxylic acids is 1. The minimum atomic E-state index is -0.678. The summed E-state index contributed by atoms with van der Waals surface area (Å²) in [5, 5.41) is 9.37. The molecule has 102 valence electrons. The van der Waals surface area contributed by atoms with E-state index >= 15 is 0 Å². The normalized spacial score (nSPS) is 22.3. The summed E-state index contributed by atoms with van der Waals surface area (Å²) in [5.41, 5.74) is 1.54. The zero-order chi connectivity index (χ0) is 13.5. The van der Waals surface area contributed by atoms with Crippen LogP contribution in [0, 0.1) is 0 Å². The Morgan fingerprint density at radius 1 is 1.21 bits per heavy atom. The highest BCUT2D eigenvalue weighted by Gasteiger charge is 2.51. The summed E-state index contributed by atoms with van der Waals surface area (Å²) in [6.07, 6.45) is 1.54. The van der Waals surface area contributed by atoms with E-state index < -0.39 is 11.4 Å². The summed E-state index contributed by atoms with van der Waals surface area (Å²) in [5.74, 6) is -0.678. The molecule has 0 spiro atoms. The van der Waals surface area contributed by atoms with Crippen LogP contribution in [0.4, 0.5) is 5.69 Å². The molecule has 2 aliphatic rings. The van der Waals surface area contributed by atoms with Crippen LogP contribution in [0.2, 0.25) is 0 Å². The van der Waals surface area contributed by atoms with Gasteiger partial charge in [0.05, 0.1) is 5.41 Å². The molecule has 0 bridgehead atoms. The molecule has 4 heteroatoms. The van der Waals surface area contributed by atoms with Crippen LogP contribution in [-0.4, -0.2) is 49.2 Å². The molecule has 3 rings (SSSR count). The van der Waals surface area contributed by atoms with Crippen LogP contribution in [0.5, 0.6) is 0 Å². The second kappa shape index (κ2) is 4.53. The zero-order valence-electron chi connectivity index (χ0n) is 11.3. The lowest BCUT2D eigenvalue weighted by molar-refractivity contribution is -0.140. The van der Waals surface area contributed by atoms with Crippen molar-refractivity contribution in [1.82, 2.24) is 4.90 Å². The Labute approximate surface area is 113 Å². The van der Waals surface area contributed by atoms with Crippen molar-refractivity contribution in [3.8, 4) is 0 Å². The van der Waals surface area contributed by atoms with Gasteiger partial charge in [0.15, 0.2) is 0 Å². The first-order chi connectivity index (χ1) is 9.12. The molecule has 1 aromatic carbocycles. The summed E-state index contributed by atoms with van der Waals surface area (Å²) in [6.45, 7) is 4.16. The molecular weight excluding hydrogens is 240 g/mol. The van der Waals surface area contributed by atoms with Crippen molar-refractivity contribution in [1.29, 1.82) is 0 Å². The first-order valence-electron chi connectivity index (χ1n) is 6.89. The maximum absolute atomic E-state index is 11.4. The Balaban J connectivity index is 1.83. The number of hydrogen-bond donors (Lipinski definition) is 1. The predicted molar refractivity (Wildman–Crippen MR) is 74.7 cm³/mol. The van der Waals surface area contributed by atoms with Crippen molar-refractivity contribution in [2.45, 2.75) is 18.3 Å². The minimum absolute atomic E-state index is 0.595. The van der Waals surface area contributed by atoms with E-state index in [0.717, 1.165) is 50.3 Å². The summed E-state index contributed by atoms with van der Waals surface area (Å²) in [4.78, 5) is 16.1. The Kier molecular flexibility index (Phi) is 2.97. The van der Waals surface area contributed by atoms with Crippen molar-refractivity contribution < 1.29 is 9.90 Å². The number of piperazine rings is 1. The van der Waals surface area contributed by atoms with Gasteiger partial charge in [-0.3, -0.25) is 4.79 Å². The third kappa shape index (κ3) is 2.21. The minimum Gasteiger partial charge on any atom is -0.481 e. The van der Waals surface area contributed by atoms with Gasteiger partial charge in [-0.2, -0.15) is 0 Å². The standard InChI is InChI=1S/C15H20N2O2/c1-16-7-9-17(10-8-16)13-4-2-3-12(11-13)15(5-6-15)14(18)19/h2-4,11H,5-10H2,1H3,(H,18,19). The van der Waals surface area contributed by atoms with Gasteiger partial charge >= 0.3 is 5.97 Å². The SMILES string of the molecule is CN1CCN(c2cccc(C3(C(=O)O)CC3)c2)CC1. The van der Waals surface area contributed by atoms with Crippen LogP contribution >= 0.6 is 0 Å². The first kappa shape index (κ1) is 12.5. The number of carbonyl (C=O) groups is 1. The van der Waals surface area contributed by atoms with Crippen molar-refractivity contribution >= 4 is 11.7 Å². The third-order valence-electron chi connectivity index (χ3n) is 4.43. The second-order valence-corrected chi connectivity index (χ2v) is 5.73. The molecule has 2 fully saturated rings. The molecule has 1 aliphatic heterocycles. The van der Waals surface area contributed by atoms with Gasteiger partial charge in [0.2, 0.25) is 0 Å². The number of rotatable bonds is 3. The zero-order valence-corrected chi connectivity index (χ0v) is 11.3. The van der Waals surface area contributed by atoms with E-state index in [1.54, 1.807) is 0 Å². The van der Waals surface area contributed by atoms with Gasteiger partial charge in [0.1, 0.15) is 0 Å². The molecule has 1 saturated carbocycles. The number of carboxylic acid groups (broad SMARTS) is 1. The van der Waals surface area contributed by atoms with Gasteiger partial charge in [-0.05, 0) is 37.6 Å². The van der Waals surface area contributed by atoms with E-state index in [-0.39, 0.29) is 0 Å². The number of nitrogens with zero attached hydrogens (tertiary/aromatic N) is 2. The Morgan fingerprint density at radius 3 is 2.47 bits per heavy atom. The fourth-order valence-electron chi connectivity index (χ4n) is 2.82. The monoisotopic (exact) mass is 260 g/mol. The molecule has 0 radical (unpaired) electrons. The third-order valence-corrected chi connectivity index (χ3v) is 4.43. The predicted octanol–water partition coefficient (Wildman–Crippen LogP) is 1.55. The highest BCUT2D eigenvalue weighted by molar-refractivity contribution is 5.85. The Hall–Kier alpha value is -1.55. The summed E-state index contributed by atoms with van der Waals surface area (Å²) >= 11 is 0. The average Bonchev–Trinajstić information content (AvgIpc) is 3.21. The van der Waals surface area contributed by atoms with Crippen LogP contribution in [0.15, 0.2) is 24.3 Å². The van der Waals surface area contributed by atoms with Gasteiger partial charge in [0.25, 0.3) is 0 Å². The van der Waals surface area contributed by atoms with Gasteiger partial charge in [-0.15, -0.1) is 0 Å². The number of likely N-dealkylation sites (N-methyl/N-ethyl adjacent to an activating group) is 1. The van der Waals surface area contributed by atoms with Gasteiger partial charge in [-0.1, -0.05) is 12.1 Å². The molecule has 0 amide bonds. The van der Waals surface area contributed by atoms with Crippen LogP contribution in [-0.2, 0) is 10.2 Å². The molecule has 4 nitrogen and oxygen atoms in total. The Morgan fingerprint density at radius 2 is 1.89 bits per heavy atom. The fourth-order valence-corrected chi connectivity index (χ4v) is 2.82. The molecule has 19 heavy (non-hydrogen) atoms. The highest BCUT2D eigenvalue weighted by Crippen LogP contribution is 2.49. The topological polar surface area (TPSA) is 43.8 Å². The van der Waals surface area contributed by atoms with Crippen LogP contribution < -0.4 is 4.90 Å². The van der Waals surface area contributed by atoms with E-state index in [9.17, 15) is 9.90 Å². The molecule has 0 unspecified atom stereocenters. The lowest BCUT2D eigenvalue weighted by Gasteiger charge is -2.34. The van der Waals surface area contributed by atoms with E-state index in [1.165, 1.54) is 0 Å². The summed E-state index contributed by atoms with van der Waals surface area (Å²) in [6, 6.07) is 8.12. The number of anilines is 1. The summed E-state index contributed by atoms with van der Waals surface area (Å²) in [7, 11) is 2.14. The number of aliphatic carboxylic acids is 1. The Bertz CT molecular complexity index is 489. The van der Waals surface area contributed by atoms with Crippen LogP contribution in [0.3, 0.4) is 0 Å². The molecular formula is C15H20N2O2. The fraction of sp³-hybridized carbons (Fsp3) is 0.533. The molecule has 1 aliphatic carbocycles.